The van der Waals surface area contributed by atoms with Gasteiger partial charge in [-0.15, -0.1) is 0 Å². The van der Waals surface area contributed by atoms with E-state index in [-0.39, 0.29) is 35.0 Å². The van der Waals surface area contributed by atoms with E-state index in [2.05, 4.69) is 69.1 Å². The summed E-state index contributed by atoms with van der Waals surface area (Å²) >= 11 is 0. The molecule has 3 rings (SSSR count). The standard InChI is InChI=1S/C26H40N2O2/c1-18(2)22(16-27-24(29)21-8-6-7-9-21)25(30)28-15-14-23(26(4,5)17-28)20-12-10-19(3)11-13-20/h10-13,18,21-23H,6-9,14-17H2,1-5H3,(H,27,29). The molecule has 1 aromatic rings. The van der Waals surface area contributed by atoms with Crippen LogP contribution in [0.15, 0.2) is 24.3 Å². The number of hydrogen-bond donors (Lipinski definition) is 1. The molecule has 2 unspecified atom stereocenters. The Labute approximate surface area is 182 Å². The van der Waals surface area contributed by atoms with Gasteiger partial charge in [0, 0.05) is 25.6 Å². The van der Waals surface area contributed by atoms with E-state index in [9.17, 15) is 9.59 Å². The number of rotatable bonds is 6. The zero-order valence-electron chi connectivity index (χ0n) is 19.5. The first-order valence-electron chi connectivity index (χ1n) is 11.8. The molecule has 0 spiro atoms. The molecule has 1 aromatic carbocycles. The first-order valence-corrected chi connectivity index (χ1v) is 11.8. The summed E-state index contributed by atoms with van der Waals surface area (Å²) < 4.78 is 0. The van der Waals surface area contributed by atoms with Gasteiger partial charge in [-0.25, -0.2) is 0 Å². The van der Waals surface area contributed by atoms with Crippen molar-refractivity contribution in [3.8, 4) is 0 Å². The van der Waals surface area contributed by atoms with Gasteiger partial charge in [0.25, 0.3) is 0 Å². The van der Waals surface area contributed by atoms with E-state index < -0.39 is 0 Å². The van der Waals surface area contributed by atoms with Crippen molar-refractivity contribution in [2.45, 2.75) is 72.6 Å². The minimum atomic E-state index is -0.151. The number of amides is 2. The second-order valence-electron chi connectivity index (χ2n) is 10.6. The highest BCUT2D eigenvalue weighted by Crippen LogP contribution is 2.42. The van der Waals surface area contributed by atoms with Gasteiger partial charge in [-0.1, -0.05) is 70.4 Å². The molecule has 2 atom stereocenters. The van der Waals surface area contributed by atoms with Crippen LogP contribution in [-0.2, 0) is 9.59 Å². The van der Waals surface area contributed by atoms with Crippen LogP contribution in [0.4, 0.5) is 0 Å². The lowest BCUT2D eigenvalue weighted by Crippen LogP contribution is -2.51. The summed E-state index contributed by atoms with van der Waals surface area (Å²) in [7, 11) is 0. The maximum Gasteiger partial charge on any atom is 0.227 e. The topological polar surface area (TPSA) is 49.4 Å². The minimum Gasteiger partial charge on any atom is -0.355 e. The highest BCUT2D eigenvalue weighted by Gasteiger charge is 2.40. The Hall–Kier alpha value is -1.84. The van der Waals surface area contributed by atoms with Crippen molar-refractivity contribution >= 4 is 11.8 Å². The first kappa shape index (κ1) is 22.8. The average molecular weight is 413 g/mol. The lowest BCUT2D eigenvalue weighted by Gasteiger charge is -2.46. The molecule has 1 aliphatic carbocycles. The van der Waals surface area contributed by atoms with E-state index >= 15 is 0 Å². The third kappa shape index (κ3) is 5.25. The summed E-state index contributed by atoms with van der Waals surface area (Å²) in [5.74, 6) is 1.01. The molecule has 4 nitrogen and oxygen atoms in total. The molecule has 1 saturated carbocycles. The summed E-state index contributed by atoms with van der Waals surface area (Å²) in [6, 6.07) is 8.86. The fraction of sp³-hybridized carbons (Fsp3) is 0.692. The van der Waals surface area contributed by atoms with Crippen LogP contribution >= 0.6 is 0 Å². The number of hydrogen-bond acceptors (Lipinski definition) is 2. The van der Waals surface area contributed by atoms with Crippen LogP contribution in [0.5, 0.6) is 0 Å². The Morgan fingerprint density at radius 2 is 1.73 bits per heavy atom. The van der Waals surface area contributed by atoms with Gasteiger partial charge in [-0.05, 0) is 49.0 Å². The van der Waals surface area contributed by atoms with Crippen LogP contribution in [0.25, 0.3) is 0 Å². The maximum atomic E-state index is 13.4. The number of nitrogens with zero attached hydrogens (tertiary/aromatic N) is 1. The van der Waals surface area contributed by atoms with Gasteiger partial charge in [-0.2, -0.15) is 0 Å². The smallest absolute Gasteiger partial charge is 0.227 e. The second kappa shape index (κ2) is 9.53. The number of likely N-dealkylation sites (tertiary alicyclic amines) is 1. The van der Waals surface area contributed by atoms with Gasteiger partial charge in [0.05, 0.1) is 5.92 Å². The monoisotopic (exact) mass is 412 g/mol. The molecule has 1 heterocycles. The molecule has 1 aliphatic heterocycles. The number of aryl methyl sites for hydroxylation is 1. The molecule has 1 saturated heterocycles. The largest absolute Gasteiger partial charge is 0.355 e. The predicted molar refractivity (Wildman–Crippen MR) is 122 cm³/mol. The van der Waals surface area contributed by atoms with Crippen LogP contribution in [0.2, 0.25) is 0 Å². The van der Waals surface area contributed by atoms with E-state index in [4.69, 9.17) is 0 Å². The van der Waals surface area contributed by atoms with E-state index in [0.717, 1.165) is 45.2 Å². The molecule has 2 amide bonds. The van der Waals surface area contributed by atoms with Gasteiger partial charge in [0.1, 0.15) is 0 Å². The van der Waals surface area contributed by atoms with Crippen molar-refractivity contribution in [2.24, 2.45) is 23.2 Å². The van der Waals surface area contributed by atoms with Crippen LogP contribution in [0.1, 0.15) is 76.8 Å². The minimum absolute atomic E-state index is 0.0256. The average Bonchev–Trinajstić information content (AvgIpc) is 3.22. The van der Waals surface area contributed by atoms with Crippen molar-refractivity contribution < 1.29 is 9.59 Å². The van der Waals surface area contributed by atoms with Crippen molar-refractivity contribution in [1.82, 2.24) is 10.2 Å². The van der Waals surface area contributed by atoms with Crippen molar-refractivity contribution in [3.05, 3.63) is 35.4 Å². The van der Waals surface area contributed by atoms with Gasteiger partial charge in [0.2, 0.25) is 11.8 Å². The van der Waals surface area contributed by atoms with E-state index in [0.29, 0.717) is 12.5 Å². The highest BCUT2D eigenvalue weighted by atomic mass is 16.2. The lowest BCUT2D eigenvalue weighted by atomic mass is 9.70. The fourth-order valence-corrected chi connectivity index (χ4v) is 5.35. The van der Waals surface area contributed by atoms with Gasteiger partial charge in [-0.3, -0.25) is 9.59 Å². The lowest BCUT2D eigenvalue weighted by molar-refractivity contribution is -0.140. The van der Waals surface area contributed by atoms with E-state index in [1.165, 1.54) is 11.1 Å². The van der Waals surface area contributed by atoms with Gasteiger partial charge in [0.15, 0.2) is 0 Å². The Kier molecular flexibility index (Phi) is 7.26. The van der Waals surface area contributed by atoms with Gasteiger partial charge < -0.3 is 10.2 Å². The zero-order valence-corrected chi connectivity index (χ0v) is 19.5. The fourth-order valence-electron chi connectivity index (χ4n) is 5.35. The molecule has 0 bridgehead atoms. The van der Waals surface area contributed by atoms with Crippen LogP contribution in [-0.4, -0.2) is 36.3 Å². The summed E-state index contributed by atoms with van der Waals surface area (Å²) in [5, 5.41) is 3.10. The number of carbonyl (C=O) groups is 2. The maximum absolute atomic E-state index is 13.4. The molecule has 4 heteroatoms. The molecule has 30 heavy (non-hydrogen) atoms. The third-order valence-electron chi connectivity index (χ3n) is 7.36. The Bertz CT molecular complexity index is 732. The van der Waals surface area contributed by atoms with Crippen molar-refractivity contribution in [1.29, 1.82) is 0 Å². The summed E-state index contributed by atoms with van der Waals surface area (Å²) in [6.45, 7) is 12.9. The number of nitrogens with one attached hydrogen (secondary N) is 1. The van der Waals surface area contributed by atoms with Crippen LogP contribution in [0, 0.1) is 30.1 Å². The van der Waals surface area contributed by atoms with Crippen LogP contribution < -0.4 is 5.32 Å². The second-order valence-corrected chi connectivity index (χ2v) is 10.6. The number of carbonyl (C=O) groups excluding carboxylic acids is 2. The normalized spacial score (nSPS) is 22.9. The van der Waals surface area contributed by atoms with E-state index in [1.807, 2.05) is 0 Å². The molecule has 0 radical (unpaired) electrons. The van der Waals surface area contributed by atoms with Crippen molar-refractivity contribution in [3.63, 3.8) is 0 Å². The summed E-state index contributed by atoms with van der Waals surface area (Å²) in [4.78, 5) is 27.9. The molecular weight excluding hydrogens is 372 g/mol. The van der Waals surface area contributed by atoms with Gasteiger partial charge >= 0.3 is 0 Å². The third-order valence-corrected chi connectivity index (χ3v) is 7.36. The molecule has 166 valence electrons. The van der Waals surface area contributed by atoms with E-state index in [1.54, 1.807) is 0 Å². The summed E-state index contributed by atoms with van der Waals surface area (Å²) in [5.41, 5.74) is 2.68. The van der Waals surface area contributed by atoms with Crippen molar-refractivity contribution in [2.75, 3.05) is 19.6 Å². The zero-order chi connectivity index (χ0) is 21.9. The molecule has 1 N–H and O–H groups in total. The quantitative estimate of drug-likeness (QED) is 0.721. The Morgan fingerprint density at radius 1 is 1.10 bits per heavy atom. The Morgan fingerprint density at radius 3 is 2.30 bits per heavy atom. The number of piperidine rings is 1. The first-order chi connectivity index (χ1) is 14.2. The molecule has 2 fully saturated rings. The predicted octanol–water partition coefficient (Wildman–Crippen LogP) is 4.92. The Balaban J connectivity index is 1.63. The SMILES string of the molecule is Cc1ccc(C2CCN(C(=O)C(CNC(=O)C3CCCC3)C(C)C)CC2(C)C)cc1. The highest BCUT2D eigenvalue weighted by molar-refractivity contribution is 5.82. The molecule has 0 aromatic heterocycles. The molecule has 2 aliphatic rings. The van der Waals surface area contributed by atoms with Crippen LogP contribution in [0.3, 0.4) is 0 Å². The molecular formula is C26H40N2O2. The summed E-state index contributed by atoms with van der Waals surface area (Å²) in [6.07, 6.45) is 5.27. The number of benzene rings is 1.